The summed E-state index contributed by atoms with van der Waals surface area (Å²) in [4.78, 5) is 13.4. The Morgan fingerprint density at radius 2 is 1.89 bits per heavy atom. The van der Waals surface area contributed by atoms with Crippen LogP contribution in [0.4, 0.5) is 4.79 Å². The maximum atomic E-state index is 11.9. The highest BCUT2D eigenvalue weighted by atomic mass is 16.6. The predicted octanol–water partition coefficient (Wildman–Crippen LogP) is 2.46. The van der Waals surface area contributed by atoms with Crippen LogP contribution in [-0.2, 0) is 11.2 Å². The van der Waals surface area contributed by atoms with E-state index in [1.165, 1.54) is 4.90 Å². The van der Waals surface area contributed by atoms with Crippen LogP contribution in [0, 0.1) is 0 Å². The van der Waals surface area contributed by atoms with E-state index in [0.717, 1.165) is 5.56 Å². The van der Waals surface area contributed by atoms with Crippen LogP contribution in [0.15, 0.2) is 30.3 Å². The van der Waals surface area contributed by atoms with Crippen molar-refractivity contribution in [2.24, 2.45) is 0 Å². The Morgan fingerprint density at radius 1 is 1.32 bits per heavy atom. The lowest BCUT2D eigenvalue weighted by atomic mass is 10.1. The second-order valence-corrected chi connectivity index (χ2v) is 5.62. The number of hydrogen-bond donors (Lipinski definition) is 1. The van der Waals surface area contributed by atoms with Crippen molar-refractivity contribution in [3.8, 4) is 0 Å². The van der Waals surface area contributed by atoms with Gasteiger partial charge in [-0.25, -0.2) is 4.79 Å². The molecule has 0 aliphatic heterocycles. The molecule has 4 heteroatoms. The summed E-state index contributed by atoms with van der Waals surface area (Å²) >= 11 is 0. The molecule has 1 rings (SSSR count). The lowest BCUT2D eigenvalue weighted by molar-refractivity contribution is 0.0163. The first-order valence-electron chi connectivity index (χ1n) is 6.44. The first kappa shape index (κ1) is 15.5. The molecule has 19 heavy (non-hydrogen) atoms. The Morgan fingerprint density at radius 3 is 2.37 bits per heavy atom. The summed E-state index contributed by atoms with van der Waals surface area (Å²) < 4.78 is 5.30. The lowest BCUT2D eigenvalue weighted by Gasteiger charge is -2.29. The van der Waals surface area contributed by atoms with Gasteiger partial charge in [0.1, 0.15) is 5.60 Å². The van der Waals surface area contributed by atoms with Gasteiger partial charge in [-0.1, -0.05) is 30.3 Å². The van der Waals surface area contributed by atoms with Crippen LogP contribution < -0.4 is 0 Å². The number of nitrogens with zero attached hydrogens (tertiary/aromatic N) is 1. The highest BCUT2D eigenvalue weighted by molar-refractivity contribution is 5.68. The summed E-state index contributed by atoms with van der Waals surface area (Å²) in [5.74, 6) is 0. The minimum atomic E-state index is -0.530. The molecule has 106 valence electrons. The molecule has 4 nitrogen and oxygen atoms in total. The Balaban J connectivity index is 2.66. The average Bonchev–Trinajstić information content (AvgIpc) is 2.34. The van der Waals surface area contributed by atoms with Crippen LogP contribution in [0.2, 0.25) is 0 Å². The normalized spacial score (nSPS) is 12.9. The topological polar surface area (TPSA) is 49.8 Å². The first-order valence-corrected chi connectivity index (χ1v) is 6.44. The SMILES string of the molecule is CN(C(=O)OC(C)(C)C)C(CO)Cc1ccccc1. The van der Waals surface area contributed by atoms with E-state index in [9.17, 15) is 9.90 Å². The highest BCUT2D eigenvalue weighted by Crippen LogP contribution is 2.13. The van der Waals surface area contributed by atoms with E-state index in [-0.39, 0.29) is 12.6 Å². The molecule has 1 unspecified atom stereocenters. The summed E-state index contributed by atoms with van der Waals surface area (Å²) in [6, 6.07) is 9.50. The Kier molecular flexibility index (Phi) is 5.36. The molecule has 0 saturated heterocycles. The largest absolute Gasteiger partial charge is 0.444 e. The van der Waals surface area contributed by atoms with Gasteiger partial charge >= 0.3 is 6.09 Å². The number of likely N-dealkylation sites (N-methyl/N-ethyl adjacent to an activating group) is 1. The molecule has 0 fully saturated rings. The minimum absolute atomic E-state index is 0.0926. The third-order valence-corrected chi connectivity index (χ3v) is 2.75. The second-order valence-electron chi connectivity index (χ2n) is 5.62. The second kappa shape index (κ2) is 6.57. The maximum absolute atomic E-state index is 11.9. The fourth-order valence-corrected chi connectivity index (χ4v) is 1.69. The number of carbonyl (C=O) groups excluding carboxylic acids is 1. The number of rotatable bonds is 4. The molecule has 1 aromatic rings. The summed E-state index contributed by atoms with van der Waals surface area (Å²) in [5.41, 5.74) is 0.551. The number of aliphatic hydroxyl groups is 1. The van der Waals surface area contributed by atoms with E-state index in [1.807, 2.05) is 51.1 Å². The number of carbonyl (C=O) groups is 1. The van der Waals surface area contributed by atoms with E-state index in [1.54, 1.807) is 7.05 Å². The van der Waals surface area contributed by atoms with Crippen molar-refractivity contribution in [1.29, 1.82) is 0 Å². The fraction of sp³-hybridized carbons (Fsp3) is 0.533. The van der Waals surface area contributed by atoms with Crippen molar-refractivity contribution < 1.29 is 14.6 Å². The Bertz CT molecular complexity index is 398. The molecular weight excluding hydrogens is 242 g/mol. The molecule has 0 heterocycles. The molecule has 0 spiro atoms. The van der Waals surface area contributed by atoms with Crippen molar-refractivity contribution >= 4 is 6.09 Å². The van der Waals surface area contributed by atoms with E-state index in [2.05, 4.69) is 0 Å². The summed E-state index contributed by atoms with van der Waals surface area (Å²) in [6.07, 6.45) is 0.190. The molecule has 1 amide bonds. The number of aliphatic hydroxyl groups excluding tert-OH is 1. The zero-order valence-electron chi connectivity index (χ0n) is 12.1. The predicted molar refractivity (Wildman–Crippen MR) is 75.0 cm³/mol. The number of ether oxygens (including phenoxy) is 1. The van der Waals surface area contributed by atoms with Crippen LogP contribution in [0.5, 0.6) is 0 Å². The molecule has 1 atom stereocenters. The van der Waals surface area contributed by atoms with Crippen LogP contribution in [0.25, 0.3) is 0 Å². The number of hydrogen-bond acceptors (Lipinski definition) is 3. The quantitative estimate of drug-likeness (QED) is 0.909. The van der Waals surface area contributed by atoms with Crippen LogP contribution in [-0.4, -0.2) is 41.4 Å². The third kappa shape index (κ3) is 5.30. The van der Waals surface area contributed by atoms with Gasteiger partial charge in [0, 0.05) is 7.05 Å². The number of benzene rings is 1. The van der Waals surface area contributed by atoms with Crippen LogP contribution in [0.1, 0.15) is 26.3 Å². The monoisotopic (exact) mass is 265 g/mol. The third-order valence-electron chi connectivity index (χ3n) is 2.75. The molecular formula is C15H23NO3. The molecule has 0 aliphatic rings. The fourth-order valence-electron chi connectivity index (χ4n) is 1.69. The maximum Gasteiger partial charge on any atom is 0.410 e. The van der Waals surface area contributed by atoms with Crippen molar-refractivity contribution in [2.45, 2.75) is 38.8 Å². The lowest BCUT2D eigenvalue weighted by Crippen LogP contribution is -2.43. The zero-order chi connectivity index (χ0) is 14.5. The minimum Gasteiger partial charge on any atom is -0.444 e. The van der Waals surface area contributed by atoms with Gasteiger partial charge in [-0.05, 0) is 32.8 Å². The summed E-state index contributed by atoms with van der Waals surface area (Å²) in [6.45, 7) is 5.38. The van der Waals surface area contributed by atoms with Crippen molar-refractivity contribution in [2.75, 3.05) is 13.7 Å². The number of amides is 1. The molecule has 1 N–H and O–H groups in total. The van der Waals surface area contributed by atoms with Gasteiger partial charge in [-0.3, -0.25) is 0 Å². The van der Waals surface area contributed by atoms with Crippen molar-refractivity contribution in [3.05, 3.63) is 35.9 Å². The van der Waals surface area contributed by atoms with E-state index < -0.39 is 11.7 Å². The molecule has 0 bridgehead atoms. The van der Waals surface area contributed by atoms with E-state index >= 15 is 0 Å². The van der Waals surface area contributed by atoms with E-state index in [4.69, 9.17) is 4.74 Å². The molecule has 0 saturated carbocycles. The van der Waals surface area contributed by atoms with Crippen LogP contribution in [0.3, 0.4) is 0 Å². The molecule has 0 radical (unpaired) electrons. The van der Waals surface area contributed by atoms with Gasteiger partial charge in [0.25, 0.3) is 0 Å². The Labute approximate surface area is 115 Å². The average molecular weight is 265 g/mol. The Hall–Kier alpha value is -1.55. The van der Waals surface area contributed by atoms with E-state index in [0.29, 0.717) is 6.42 Å². The van der Waals surface area contributed by atoms with Gasteiger partial charge in [-0.15, -0.1) is 0 Å². The molecule has 0 aromatic heterocycles. The zero-order valence-corrected chi connectivity index (χ0v) is 12.1. The van der Waals surface area contributed by atoms with Gasteiger partial charge in [0.05, 0.1) is 12.6 Å². The molecule has 1 aromatic carbocycles. The molecule has 0 aliphatic carbocycles. The van der Waals surface area contributed by atoms with Gasteiger partial charge in [0.15, 0.2) is 0 Å². The van der Waals surface area contributed by atoms with Crippen molar-refractivity contribution in [1.82, 2.24) is 4.90 Å². The van der Waals surface area contributed by atoms with Gasteiger partial charge in [-0.2, -0.15) is 0 Å². The first-order chi connectivity index (χ1) is 8.83. The smallest absolute Gasteiger partial charge is 0.410 e. The van der Waals surface area contributed by atoms with Gasteiger partial charge < -0.3 is 14.7 Å². The standard InChI is InChI=1S/C15H23NO3/c1-15(2,3)19-14(18)16(4)13(11-17)10-12-8-6-5-7-9-12/h5-9,13,17H,10-11H2,1-4H3. The van der Waals surface area contributed by atoms with Crippen molar-refractivity contribution in [3.63, 3.8) is 0 Å². The summed E-state index contributed by atoms with van der Waals surface area (Å²) in [7, 11) is 1.65. The summed E-state index contributed by atoms with van der Waals surface area (Å²) in [5, 5.41) is 9.46. The van der Waals surface area contributed by atoms with Crippen LogP contribution >= 0.6 is 0 Å². The van der Waals surface area contributed by atoms with Gasteiger partial charge in [0.2, 0.25) is 0 Å². The highest BCUT2D eigenvalue weighted by Gasteiger charge is 2.24.